The van der Waals surface area contributed by atoms with Gasteiger partial charge in [0.05, 0.1) is 5.69 Å². The minimum atomic E-state index is 0.984. The van der Waals surface area contributed by atoms with E-state index < -0.39 is 0 Å². The zero-order chi connectivity index (χ0) is 11.0. The third-order valence-electron chi connectivity index (χ3n) is 1.67. The van der Waals surface area contributed by atoms with E-state index in [0.717, 1.165) is 11.3 Å². The molecule has 1 aromatic rings. The number of rotatable bonds is 2. The minimum Gasteiger partial charge on any atom is -0.261 e. The standard InChI is InChI=1S/C11H13N.C2H6/c1-4-10-8-9(3)6-7-11(10)12-5-2;1-2/h4-8H,1H2,2-3H3;1-2H3. The van der Waals surface area contributed by atoms with Crippen LogP contribution in [-0.2, 0) is 0 Å². The van der Waals surface area contributed by atoms with Gasteiger partial charge >= 0.3 is 0 Å². The Balaban J connectivity index is 0.000000791. The molecule has 0 unspecified atom stereocenters. The predicted molar refractivity (Wildman–Crippen MR) is 66.4 cm³/mol. The lowest BCUT2D eigenvalue weighted by Crippen LogP contribution is -1.77. The van der Waals surface area contributed by atoms with Gasteiger partial charge in [0.15, 0.2) is 0 Å². The van der Waals surface area contributed by atoms with E-state index in [1.165, 1.54) is 5.56 Å². The Hall–Kier alpha value is -1.37. The van der Waals surface area contributed by atoms with Gasteiger partial charge in [-0.25, -0.2) is 0 Å². The van der Waals surface area contributed by atoms with Crippen LogP contribution in [0.1, 0.15) is 31.9 Å². The number of hydrogen-bond donors (Lipinski definition) is 0. The molecule has 0 saturated heterocycles. The second kappa shape index (κ2) is 7.07. The average Bonchev–Trinajstić information content (AvgIpc) is 2.24. The van der Waals surface area contributed by atoms with Gasteiger partial charge in [0.1, 0.15) is 0 Å². The fourth-order valence-electron chi connectivity index (χ4n) is 1.09. The summed E-state index contributed by atoms with van der Waals surface area (Å²) >= 11 is 0. The molecule has 0 bridgehead atoms. The molecule has 0 fully saturated rings. The van der Waals surface area contributed by atoms with Gasteiger partial charge in [-0.1, -0.05) is 38.1 Å². The summed E-state index contributed by atoms with van der Waals surface area (Å²) in [6, 6.07) is 6.14. The molecule has 0 radical (unpaired) electrons. The maximum absolute atomic E-state index is 4.22. The maximum atomic E-state index is 4.22. The lowest BCUT2D eigenvalue weighted by molar-refractivity contribution is 1.42. The van der Waals surface area contributed by atoms with Crippen LogP contribution in [0.5, 0.6) is 0 Å². The molecule has 14 heavy (non-hydrogen) atoms. The van der Waals surface area contributed by atoms with Crippen LogP contribution >= 0.6 is 0 Å². The highest BCUT2D eigenvalue weighted by atomic mass is 14.7. The molecule has 0 aliphatic rings. The molecule has 0 saturated carbocycles. The second-order valence-corrected chi connectivity index (χ2v) is 2.65. The molecule has 0 amide bonds. The third-order valence-corrected chi connectivity index (χ3v) is 1.67. The summed E-state index contributed by atoms with van der Waals surface area (Å²) in [6.45, 7) is 11.7. The molecular formula is C13H19N. The SMILES string of the molecule is C=Cc1cc(C)ccc1N=CC.CC. The van der Waals surface area contributed by atoms with E-state index in [1.807, 2.05) is 32.9 Å². The number of benzene rings is 1. The van der Waals surface area contributed by atoms with Crippen molar-refractivity contribution >= 4 is 18.0 Å². The fraction of sp³-hybridized carbons (Fsp3) is 0.308. The summed E-state index contributed by atoms with van der Waals surface area (Å²) in [6.07, 6.45) is 3.62. The predicted octanol–water partition coefficient (Wildman–Crippen LogP) is 4.39. The average molecular weight is 189 g/mol. The zero-order valence-electron chi connectivity index (χ0n) is 9.54. The molecule has 1 nitrogen and oxygen atoms in total. The second-order valence-electron chi connectivity index (χ2n) is 2.65. The first-order valence-corrected chi connectivity index (χ1v) is 4.99. The number of nitrogens with zero attached hydrogens (tertiary/aromatic N) is 1. The Bertz CT molecular complexity index is 311. The summed E-state index contributed by atoms with van der Waals surface area (Å²) < 4.78 is 0. The Morgan fingerprint density at radius 1 is 1.29 bits per heavy atom. The maximum Gasteiger partial charge on any atom is 0.0697 e. The van der Waals surface area contributed by atoms with Crippen molar-refractivity contribution in [1.29, 1.82) is 0 Å². The lowest BCUT2D eigenvalue weighted by Gasteiger charge is -2.00. The van der Waals surface area contributed by atoms with Crippen LogP contribution in [0, 0.1) is 6.92 Å². The molecule has 1 rings (SSSR count). The van der Waals surface area contributed by atoms with Gasteiger partial charge in [0, 0.05) is 6.21 Å². The minimum absolute atomic E-state index is 0.984. The molecule has 0 spiro atoms. The number of hydrogen-bond acceptors (Lipinski definition) is 1. The van der Waals surface area contributed by atoms with E-state index in [0.29, 0.717) is 0 Å². The van der Waals surface area contributed by atoms with Gasteiger partial charge in [-0.05, 0) is 31.5 Å². The van der Waals surface area contributed by atoms with Gasteiger partial charge in [-0.15, -0.1) is 0 Å². The van der Waals surface area contributed by atoms with Gasteiger partial charge in [-0.2, -0.15) is 0 Å². The van der Waals surface area contributed by atoms with Crippen LogP contribution < -0.4 is 0 Å². The summed E-state index contributed by atoms with van der Waals surface area (Å²) in [7, 11) is 0. The van der Waals surface area contributed by atoms with Gasteiger partial charge in [0.25, 0.3) is 0 Å². The van der Waals surface area contributed by atoms with Crippen LogP contribution in [0.4, 0.5) is 5.69 Å². The van der Waals surface area contributed by atoms with Crippen molar-refractivity contribution in [3.8, 4) is 0 Å². The van der Waals surface area contributed by atoms with Crippen molar-refractivity contribution in [2.75, 3.05) is 0 Å². The number of aryl methyl sites for hydroxylation is 1. The van der Waals surface area contributed by atoms with E-state index in [4.69, 9.17) is 0 Å². The molecule has 1 aromatic carbocycles. The number of aliphatic imine (C=N–C) groups is 1. The van der Waals surface area contributed by atoms with E-state index in [2.05, 4.69) is 30.6 Å². The van der Waals surface area contributed by atoms with Crippen molar-refractivity contribution in [1.82, 2.24) is 0 Å². The van der Waals surface area contributed by atoms with E-state index in [9.17, 15) is 0 Å². The summed E-state index contributed by atoms with van der Waals surface area (Å²) in [5.41, 5.74) is 3.31. The highest BCUT2D eigenvalue weighted by Crippen LogP contribution is 2.20. The van der Waals surface area contributed by atoms with Crippen molar-refractivity contribution in [3.05, 3.63) is 35.9 Å². The largest absolute Gasteiger partial charge is 0.261 e. The highest BCUT2D eigenvalue weighted by molar-refractivity contribution is 5.69. The molecule has 76 valence electrons. The van der Waals surface area contributed by atoms with Crippen LogP contribution in [0.25, 0.3) is 6.08 Å². The monoisotopic (exact) mass is 189 g/mol. The summed E-state index contributed by atoms with van der Waals surface area (Å²) in [5.74, 6) is 0. The van der Waals surface area contributed by atoms with Crippen molar-refractivity contribution in [2.45, 2.75) is 27.7 Å². The molecule has 0 aliphatic heterocycles. The van der Waals surface area contributed by atoms with E-state index in [1.54, 1.807) is 6.21 Å². The van der Waals surface area contributed by atoms with Crippen molar-refractivity contribution in [3.63, 3.8) is 0 Å². The van der Waals surface area contributed by atoms with Crippen molar-refractivity contribution in [2.24, 2.45) is 4.99 Å². The molecule has 0 atom stereocenters. The molecule has 0 aromatic heterocycles. The van der Waals surface area contributed by atoms with Crippen LogP contribution in [0.15, 0.2) is 29.8 Å². The Morgan fingerprint density at radius 2 is 1.93 bits per heavy atom. The molecular weight excluding hydrogens is 170 g/mol. The van der Waals surface area contributed by atoms with Gasteiger partial charge < -0.3 is 0 Å². The van der Waals surface area contributed by atoms with E-state index in [-0.39, 0.29) is 0 Å². The van der Waals surface area contributed by atoms with Gasteiger partial charge in [-0.3, -0.25) is 4.99 Å². The molecule has 0 aliphatic carbocycles. The molecule has 0 N–H and O–H groups in total. The lowest BCUT2D eigenvalue weighted by atomic mass is 10.1. The first kappa shape index (κ1) is 12.6. The summed E-state index contributed by atoms with van der Waals surface area (Å²) in [5, 5.41) is 0. The molecule has 0 heterocycles. The molecule has 1 heteroatoms. The van der Waals surface area contributed by atoms with Crippen LogP contribution in [0.3, 0.4) is 0 Å². The first-order chi connectivity index (χ1) is 6.77. The van der Waals surface area contributed by atoms with Crippen LogP contribution in [-0.4, -0.2) is 6.21 Å². The Morgan fingerprint density at radius 3 is 2.43 bits per heavy atom. The van der Waals surface area contributed by atoms with Crippen molar-refractivity contribution < 1.29 is 0 Å². The first-order valence-electron chi connectivity index (χ1n) is 4.99. The third kappa shape index (κ3) is 3.56. The quantitative estimate of drug-likeness (QED) is 0.612. The normalized spacial score (nSPS) is 9.43. The van der Waals surface area contributed by atoms with Gasteiger partial charge in [0.2, 0.25) is 0 Å². The Kier molecular flexibility index (Phi) is 6.38. The van der Waals surface area contributed by atoms with Crippen LogP contribution in [0.2, 0.25) is 0 Å². The zero-order valence-corrected chi connectivity index (χ0v) is 9.54. The van der Waals surface area contributed by atoms with E-state index >= 15 is 0 Å². The fourth-order valence-corrected chi connectivity index (χ4v) is 1.09. The summed E-state index contributed by atoms with van der Waals surface area (Å²) in [4.78, 5) is 4.22. The Labute approximate surface area is 87.2 Å². The topological polar surface area (TPSA) is 12.4 Å². The smallest absolute Gasteiger partial charge is 0.0697 e. The highest BCUT2D eigenvalue weighted by Gasteiger charge is 1.95.